The zero-order chi connectivity index (χ0) is 17.8. The van der Waals surface area contributed by atoms with E-state index >= 15 is 0 Å². The number of fused-ring (bicyclic) bond motifs is 1. The molecule has 2 N–H and O–H groups in total. The Morgan fingerprint density at radius 1 is 1.12 bits per heavy atom. The van der Waals surface area contributed by atoms with Crippen molar-refractivity contribution in [1.82, 2.24) is 9.97 Å². The summed E-state index contributed by atoms with van der Waals surface area (Å²) < 4.78 is 5.32. The van der Waals surface area contributed by atoms with Crippen LogP contribution in [0.3, 0.4) is 0 Å². The average Bonchev–Trinajstić information content (AvgIpc) is 3.01. The molecule has 0 amide bonds. The fraction of sp³-hybridized carbons (Fsp3) is 0.368. The van der Waals surface area contributed by atoms with Crippen LogP contribution in [0.15, 0.2) is 23.6 Å². The van der Waals surface area contributed by atoms with Crippen LogP contribution >= 0.6 is 11.3 Å². The summed E-state index contributed by atoms with van der Waals surface area (Å²) in [5.41, 5.74) is 4.90. The summed E-state index contributed by atoms with van der Waals surface area (Å²) in [6.07, 6.45) is 0. The molecule has 0 saturated carbocycles. The van der Waals surface area contributed by atoms with E-state index in [1.54, 1.807) is 11.3 Å². The van der Waals surface area contributed by atoms with Gasteiger partial charge in [0.15, 0.2) is 0 Å². The monoisotopic (exact) mass is 357 g/mol. The Morgan fingerprint density at radius 3 is 2.72 bits per heavy atom. The molecule has 2 aromatic heterocycles. The minimum atomic E-state index is 0.0400. The summed E-state index contributed by atoms with van der Waals surface area (Å²) in [5.74, 6) is 1.59. The fourth-order valence-corrected chi connectivity index (χ4v) is 3.70. The molecule has 0 aliphatic rings. The third kappa shape index (κ3) is 3.98. The van der Waals surface area contributed by atoms with Crippen molar-refractivity contribution in [3.8, 4) is 11.1 Å². The van der Waals surface area contributed by atoms with Crippen LogP contribution in [0, 0.1) is 20.8 Å². The molecule has 132 valence electrons. The molecule has 0 aliphatic carbocycles. The van der Waals surface area contributed by atoms with Crippen molar-refractivity contribution in [3.63, 3.8) is 0 Å². The second-order valence-electron chi connectivity index (χ2n) is 6.01. The fourth-order valence-electron chi connectivity index (χ4n) is 2.71. The number of aliphatic hydroxyl groups is 1. The van der Waals surface area contributed by atoms with Crippen molar-refractivity contribution in [1.29, 1.82) is 0 Å². The molecule has 0 unspecified atom stereocenters. The van der Waals surface area contributed by atoms with Crippen LogP contribution in [0.25, 0.3) is 21.3 Å². The lowest BCUT2D eigenvalue weighted by Gasteiger charge is -2.10. The zero-order valence-electron chi connectivity index (χ0n) is 14.8. The normalized spacial score (nSPS) is 11.2. The summed E-state index contributed by atoms with van der Waals surface area (Å²) >= 11 is 1.64. The van der Waals surface area contributed by atoms with E-state index in [9.17, 15) is 0 Å². The first-order valence-electron chi connectivity index (χ1n) is 8.36. The molecule has 0 saturated heterocycles. The molecule has 0 spiro atoms. The highest BCUT2D eigenvalue weighted by Crippen LogP contribution is 2.37. The minimum absolute atomic E-state index is 0.0400. The first kappa shape index (κ1) is 17.8. The number of hydrogen-bond donors (Lipinski definition) is 2. The van der Waals surface area contributed by atoms with Gasteiger partial charge in [-0.2, -0.15) is 0 Å². The number of thiophene rings is 1. The molecule has 25 heavy (non-hydrogen) atoms. The predicted octanol–water partition coefficient (Wildman–Crippen LogP) is 3.70. The number of benzene rings is 1. The molecule has 3 rings (SSSR count). The van der Waals surface area contributed by atoms with Gasteiger partial charge in [-0.1, -0.05) is 18.2 Å². The second kappa shape index (κ2) is 7.91. The summed E-state index contributed by atoms with van der Waals surface area (Å²) in [6.45, 7) is 7.71. The molecule has 0 radical (unpaired) electrons. The Morgan fingerprint density at radius 2 is 1.96 bits per heavy atom. The highest BCUT2D eigenvalue weighted by Gasteiger charge is 2.14. The highest BCUT2D eigenvalue weighted by atomic mass is 32.1. The van der Waals surface area contributed by atoms with Crippen LogP contribution in [0.2, 0.25) is 0 Å². The first-order valence-corrected chi connectivity index (χ1v) is 9.24. The maximum atomic E-state index is 8.77. The van der Waals surface area contributed by atoms with Crippen molar-refractivity contribution in [2.45, 2.75) is 20.8 Å². The third-order valence-electron chi connectivity index (χ3n) is 4.14. The number of rotatable bonds is 7. The molecular formula is C19H23N3O2S. The number of nitrogens with one attached hydrogen (secondary N) is 1. The van der Waals surface area contributed by atoms with E-state index in [4.69, 9.17) is 9.84 Å². The van der Waals surface area contributed by atoms with Crippen molar-refractivity contribution in [2.24, 2.45) is 0 Å². The number of hydrogen-bond acceptors (Lipinski definition) is 6. The van der Waals surface area contributed by atoms with Crippen LogP contribution in [-0.4, -0.2) is 41.4 Å². The average molecular weight is 357 g/mol. The Balaban J connectivity index is 1.95. The van der Waals surface area contributed by atoms with E-state index < -0.39 is 0 Å². The van der Waals surface area contributed by atoms with Gasteiger partial charge in [-0.3, -0.25) is 0 Å². The quantitative estimate of drug-likeness (QED) is 0.631. The van der Waals surface area contributed by atoms with Crippen molar-refractivity contribution < 1.29 is 9.84 Å². The van der Waals surface area contributed by atoms with Gasteiger partial charge in [0.25, 0.3) is 0 Å². The van der Waals surface area contributed by atoms with Gasteiger partial charge >= 0.3 is 0 Å². The second-order valence-corrected chi connectivity index (χ2v) is 6.87. The topological polar surface area (TPSA) is 67.3 Å². The SMILES string of the molecule is Cc1nc(NCCOCCO)c2c(-c3ccc(C)c(C)c3)csc2n1. The Labute approximate surface area is 151 Å². The van der Waals surface area contributed by atoms with Crippen LogP contribution in [0.5, 0.6) is 0 Å². The molecule has 1 aromatic carbocycles. The Kier molecular flexibility index (Phi) is 5.63. The number of aromatic nitrogens is 2. The smallest absolute Gasteiger partial charge is 0.139 e. The zero-order valence-corrected chi connectivity index (χ0v) is 15.6. The van der Waals surface area contributed by atoms with Crippen molar-refractivity contribution >= 4 is 27.4 Å². The molecule has 6 heteroatoms. The molecule has 0 bridgehead atoms. The summed E-state index contributed by atoms with van der Waals surface area (Å²) in [6, 6.07) is 6.52. The van der Waals surface area contributed by atoms with Gasteiger partial charge in [0.1, 0.15) is 16.5 Å². The molecule has 5 nitrogen and oxygen atoms in total. The van der Waals surface area contributed by atoms with Crippen LogP contribution in [-0.2, 0) is 4.74 Å². The molecule has 0 fully saturated rings. The molecule has 0 aliphatic heterocycles. The largest absolute Gasteiger partial charge is 0.394 e. The Bertz CT molecular complexity index is 876. The van der Waals surface area contributed by atoms with Crippen LogP contribution in [0.1, 0.15) is 17.0 Å². The summed E-state index contributed by atoms with van der Waals surface area (Å²) in [4.78, 5) is 10.2. The number of ether oxygens (including phenoxy) is 1. The van der Waals surface area contributed by atoms with Gasteiger partial charge in [0.05, 0.1) is 25.2 Å². The highest BCUT2D eigenvalue weighted by molar-refractivity contribution is 7.17. The van der Waals surface area contributed by atoms with E-state index in [-0.39, 0.29) is 6.61 Å². The molecule has 2 heterocycles. The molecular weight excluding hydrogens is 334 g/mol. The lowest BCUT2D eigenvalue weighted by atomic mass is 10.0. The summed E-state index contributed by atoms with van der Waals surface area (Å²) in [7, 11) is 0. The first-order chi connectivity index (χ1) is 12.1. The number of nitrogens with zero attached hydrogens (tertiary/aromatic N) is 2. The van der Waals surface area contributed by atoms with E-state index in [1.807, 2.05) is 6.92 Å². The Hall–Kier alpha value is -2.02. The maximum absolute atomic E-state index is 8.77. The number of aryl methyl sites for hydroxylation is 3. The van der Waals surface area contributed by atoms with E-state index in [0.29, 0.717) is 19.8 Å². The lowest BCUT2D eigenvalue weighted by molar-refractivity contribution is 0.0992. The van der Waals surface area contributed by atoms with Gasteiger partial charge in [-0.05, 0) is 37.5 Å². The predicted molar refractivity (Wildman–Crippen MR) is 103 cm³/mol. The molecule has 0 atom stereocenters. The standard InChI is InChI=1S/C19H23N3O2S/c1-12-4-5-15(10-13(12)2)16-11-25-19-17(16)18(21-14(3)22-19)20-6-8-24-9-7-23/h4-5,10-11,23H,6-9H2,1-3H3,(H,20,21,22). The maximum Gasteiger partial charge on any atom is 0.139 e. The van der Waals surface area contributed by atoms with E-state index in [1.165, 1.54) is 16.7 Å². The molecule has 3 aromatic rings. The van der Waals surface area contributed by atoms with Gasteiger partial charge in [-0.25, -0.2) is 9.97 Å². The number of aliphatic hydroxyl groups excluding tert-OH is 1. The van der Waals surface area contributed by atoms with Gasteiger partial charge < -0.3 is 15.2 Å². The van der Waals surface area contributed by atoms with Crippen LogP contribution < -0.4 is 5.32 Å². The summed E-state index contributed by atoms with van der Waals surface area (Å²) in [5, 5.41) is 15.3. The third-order valence-corrected chi connectivity index (χ3v) is 5.01. The van der Waals surface area contributed by atoms with Gasteiger partial charge in [0, 0.05) is 17.5 Å². The van der Waals surface area contributed by atoms with E-state index in [0.717, 1.165) is 27.4 Å². The van der Waals surface area contributed by atoms with Crippen molar-refractivity contribution in [3.05, 3.63) is 40.5 Å². The van der Waals surface area contributed by atoms with E-state index in [2.05, 4.69) is 52.7 Å². The minimum Gasteiger partial charge on any atom is -0.394 e. The van der Waals surface area contributed by atoms with Crippen molar-refractivity contribution in [2.75, 3.05) is 31.7 Å². The van der Waals surface area contributed by atoms with Crippen LogP contribution in [0.4, 0.5) is 5.82 Å². The number of anilines is 1. The lowest BCUT2D eigenvalue weighted by Crippen LogP contribution is -2.12. The van der Waals surface area contributed by atoms with Gasteiger partial charge in [0.2, 0.25) is 0 Å². The van der Waals surface area contributed by atoms with Gasteiger partial charge in [-0.15, -0.1) is 11.3 Å².